The Kier molecular flexibility index (Phi) is 4.50. The molecular formula is C7H20N6. The molecule has 0 aromatic rings. The molecule has 6 nitrogen and oxygen atoms in total. The van der Waals surface area contributed by atoms with Gasteiger partial charge in [-0.05, 0) is 27.7 Å². The highest BCUT2D eigenvalue weighted by atomic mass is 15.6. The van der Waals surface area contributed by atoms with Crippen LogP contribution in [0.15, 0.2) is 5.10 Å². The van der Waals surface area contributed by atoms with Gasteiger partial charge in [0.25, 0.3) is 0 Å². The van der Waals surface area contributed by atoms with Gasteiger partial charge in [-0.2, -0.15) is 0 Å². The molecule has 0 saturated carbocycles. The maximum absolute atomic E-state index is 5.71. The summed E-state index contributed by atoms with van der Waals surface area (Å²) < 4.78 is 0. The number of rotatable bonds is 2. The standard InChI is InChI=1S/C7H20N6/c1-5(2)12(9)7(11-8)13(10)6(3)4/h5-6H,8-10H2,1-4H3. The third-order valence-corrected chi connectivity index (χ3v) is 1.69. The number of hydrazine groups is 2. The fourth-order valence-corrected chi connectivity index (χ4v) is 0.729. The molecule has 0 spiro atoms. The Balaban J connectivity index is 4.53. The van der Waals surface area contributed by atoms with E-state index in [1.54, 1.807) is 0 Å². The highest BCUT2D eigenvalue weighted by Crippen LogP contribution is 1.98. The summed E-state index contributed by atoms with van der Waals surface area (Å²) in [6.07, 6.45) is 0. The van der Waals surface area contributed by atoms with Crippen molar-refractivity contribution in [3.8, 4) is 0 Å². The summed E-state index contributed by atoms with van der Waals surface area (Å²) >= 11 is 0. The summed E-state index contributed by atoms with van der Waals surface area (Å²) in [5, 5.41) is 6.41. The number of guanidine groups is 1. The normalized spacial score (nSPS) is 10.5. The zero-order chi connectivity index (χ0) is 10.6. The van der Waals surface area contributed by atoms with Gasteiger partial charge < -0.3 is 5.84 Å². The average molecular weight is 188 g/mol. The lowest BCUT2D eigenvalue weighted by Gasteiger charge is -2.32. The third-order valence-electron chi connectivity index (χ3n) is 1.69. The molecule has 0 amide bonds. The molecule has 78 valence electrons. The fraction of sp³-hybridized carbons (Fsp3) is 0.857. The molecule has 0 aliphatic carbocycles. The summed E-state index contributed by atoms with van der Waals surface area (Å²) in [4.78, 5) is 0. The average Bonchev–Trinajstić information content (AvgIpc) is 2.04. The third kappa shape index (κ3) is 3.08. The number of hydrazone groups is 1. The lowest BCUT2D eigenvalue weighted by molar-refractivity contribution is 0.259. The summed E-state index contributed by atoms with van der Waals surface area (Å²) in [5.41, 5.74) is 0. The van der Waals surface area contributed by atoms with Gasteiger partial charge >= 0.3 is 0 Å². The molecule has 0 rings (SSSR count). The first-order chi connectivity index (χ1) is 5.91. The van der Waals surface area contributed by atoms with Crippen molar-refractivity contribution in [2.45, 2.75) is 39.8 Å². The molecule has 0 unspecified atom stereocenters. The van der Waals surface area contributed by atoms with Crippen molar-refractivity contribution in [2.24, 2.45) is 22.6 Å². The van der Waals surface area contributed by atoms with E-state index in [0.717, 1.165) is 0 Å². The molecule has 0 atom stereocenters. The van der Waals surface area contributed by atoms with E-state index in [2.05, 4.69) is 5.10 Å². The second-order valence-corrected chi connectivity index (χ2v) is 3.43. The molecule has 0 fully saturated rings. The molecule has 13 heavy (non-hydrogen) atoms. The number of nitrogens with two attached hydrogens (primary N) is 3. The van der Waals surface area contributed by atoms with Crippen LogP contribution in [0.4, 0.5) is 0 Å². The molecule has 6 N–H and O–H groups in total. The quantitative estimate of drug-likeness (QED) is 0.232. The van der Waals surface area contributed by atoms with Crippen molar-refractivity contribution in [3.63, 3.8) is 0 Å². The van der Waals surface area contributed by atoms with Crippen LogP contribution in [0.25, 0.3) is 0 Å². The van der Waals surface area contributed by atoms with Crippen LogP contribution in [0.5, 0.6) is 0 Å². The van der Waals surface area contributed by atoms with Crippen LogP contribution in [0.3, 0.4) is 0 Å². The Morgan fingerprint density at radius 3 is 1.46 bits per heavy atom. The van der Waals surface area contributed by atoms with E-state index in [1.165, 1.54) is 10.0 Å². The highest BCUT2D eigenvalue weighted by Gasteiger charge is 2.17. The van der Waals surface area contributed by atoms with E-state index in [4.69, 9.17) is 17.5 Å². The first-order valence-corrected chi connectivity index (χ1v) is 4.27. The van der Waals surface area contributed by atoms with Crippen molar-refractivity contribution in [3.05, 3.63) is 0 Å². The van der Waals surface area contributed by atoms with Crippen LogP contribution in [0.2, 0.25) is 0 Å². The van der Waals surface area contributed by atoms with Crippen LogP contribution in [-0.4, -0.2) is 28.1 Å². The molecule has 0 bridgehead atoms. The monoisotopic (exact) mass is 188 g/mol. The maximum Gasteiger partial charge on any atom is 0.247 e. The predicted octanol–water partition coefficient (Wildman–Crippen LogP) is -0.616. The maximum atomic E-state index is 5.71. The van der Waals surface area contributed by atoms with Crippen LogP contribution < -0.4 is 17.5 Å². The first kappa shape index (κ1) is 12.0. The molecule has 6 heteroatoms. The predicted molar refractivity (Wildman–Crippen MR) is 53.9 cm³/mol. The van der Waals surface area contributed by atoms with Crippen LogP contribution in [0, 0.1) is 0 Å². The van der Waals surface area contributed by atoms with Crippen molar-refractivity contribution < 1.29 is 0 Å². The molecule has 0 saturated heterocycles. The number of nitrogens with zero attached hydrogens (tertiary/aromatic N) is 3. The van der Waals surface area contributed by atoms with Gasteiger partial charge in [-0.1, -0.05) is 0 Å². The van der Waals surface area contributed by atoms with Crippen LogP contribution >= 0.6 is 0 Å². The van der Waals surface area contributed by atoms with E-state index in [0.29, 0.717) is 5.96 Å². The SMILES string of the molecule is CC(C)N(N)C(=NN)N(N)C(C)C. The minimum atomic E-state index is 0.104. The lowest BCUT2D eigenvalue weighted by atomic mass is 10.3. The Bertz CT molecular complexity index is 160. The molecule has 0 aliphatic heterocycles. The molecule has 0 radical (unpaired) electrons. The van der Waals surface area contributed by atoms with Gasteiger partial charge in [0.15, 0.2) is 0 Å². The van der Waals surface area contributed by atoms with Gasteiger partial charge in [-0.25, -0.2) is 11.7 Å². The van der Waals surface area contributed by atoms with E-state index in [-0.39, 0.29) is 12.1 Å². The van der Waals surface area contributed by atoms with Crippen LogP contribution in [0.1, 0.15) is 27.7 Å². The van der Waals surface area contributed by atoms with Gasteiger partial charge in [0.2, 0.25) is 5.96 Å². The molecule has 0 aliphatic rings. The van der Waals surface area contributed by atoms with Crippen LogP contribution in [-0.2, 0) is 0 Å². The smallest absolute Gasteiger partial charge is 0.247 e. The molecular weight excluding hydrogens is 168 g/mol. The Labute approximate surface area is 79.3 Å². The van der Waals surface area contributed by atoms with Gasteiger partial charge in [0, 0.05) is 12.1 Å². The molecule has 0 heterocycles. The van der Waals surface area contributed by atoms with E-state index < -0.39 is 0 Å². The number of hydrogen-bond acceptors (Lipinski definition) is 4. The Morgan fingerprint density at radius 2 is 1.31 bits per heavy atom. The van der Waals surface area contributed by atoms with E-state index in [9.17, 15) is 0 Å². The van der Waals surface area contributed by atoms with Crippen molar-refractivity contribution in [2.75, 3.05) is 0 Å². The van der Waals surface area contributed by atoms with E-state index >= 15 is 0 Å². The minimum Gasteiger partial charge on any atom is -0.320 e. The van der Waals surface area contributed by atoms with Crippen molar-refractivity contribution >= 4 is 5.96 Å². The summed E-state index contributed by atoms with van der Waals surface area (Å²) in [5.74, 6) is 17.0. The second-order valence-electron chi connectivity index (χ2n) is 3.43. The van der Waals surface area contributed by atoms with E-state index in [1.807, 2.05) is 27.7 Å². The molecule has 0 aromatic carbocycles. The first-order valence-electron chi connectivity index (χ1n) is 4.27. The van der Waals surface area contributed by atoms with Gasteiger partial charge in [0.1, 0.15) is 0 Å². The fourth-order valence-electron chi connectivity index (χ4n) is 0.729. The minimum absolute atomic E-state index is 0.104. The summed E-state index contributed by atoms with van der Waals surface area (Å²) in [7, 11) is 0. The number of hydrogen-bond donors (Lipinski definition) is 3. The lowest BCUT2D eigenvalue weighted by Crippen LogP contribution is -2.56. The second kappa shape index (κ2) is 4.88. The van der Waals surface area contributed by atoms with Gasteiger partial charge in [-0.15, -0.1) is 5.10 Å². The highest BCUT2D eigenvalue weighted by molar-refractivity contribution is 5.79. The van der Waals surface area contributed by atoms with Gasteiger partial charge in [-0.3, -0.25) is 10.0 Å². The zero-order valence-corrected chi connectivity index (χ0v) is 8.73. The molecule has 0 aromatic heterocycles. The Morgan fingerprint density at radius 1 is 1.00 bits per heavy atom. The van der Waals surface area contributed by atoms with Crippen molar-refractivity contribution in [1.29, 1.82) is 0 Å². The van der Waals surface area contributed by atoms with Gasteiger partial charge in [0.05, 0.1) is 0 Å². The Hall–Kier alpha value is -1.01. The largest absolute Gasteiger partial charge is 0.320 e. The zero-order valence-electron chi connectivity index (χ0n) is 8.73. The topological polar surface area (TPSA) is 96.9 Å². The van der Waals surface area contributed by atoms with Crippen molar-refractivity contribution in [1.82, 2.24) is 10.0 Å². The summed E-state index contributed by atoms with van der Waals surface area (Å²) in [6.45, 7) is 7.72. The summed E-state index contributed by atoms with van der Waals surface area (Å²) in [6, 6.07) is 0.208.